The van der Waals surface area contributed by atoms with Crippen LogP contribution in [0.3, 0.4) is 0 Å². The third-order valence-electron chi connectivity index (χ3n) is 3.76. The van der Waals surface area contributed by atoms with E-state index in [0.717, 1.165) is 16.8 Å². The monoisotopic (exact) mass is 310 g/mol. The summed E-state index contributed by atoms with van der Waals surface area (Å²) < 4.78 is 0. The Hall–Kier alpha value is -2.62. The number of hydrogen-bond acceptors (Lipinski definition) is 2. The summed E-state index contributed by atoms with van der Waals surface area (Å²) in [6.07, 6.45) is 0.191. The van der Waals surface area contributed by atoms with Crippen LogP contribution in [0.25, 0.3) is 0 Å². The molecule has 1 atom stereocenters. The van der Waals surface area contributed by atoms with Gasteiger partial charge in [-0.2, -0.15) is 0 Å². The highest BCUT2D eigenvalue weighted by atomic mass is 16.2. The molecule has 2 aromatic rings. The number of benzene rings is 2. The first kappa shape index (κ1) is 16.7. The Morgan fingerprint density at radius 3 is 2.30 bits per heavy atom. The molecule has 0 aliphatic rings. The molecule has 4 nitrogen and oxygen atoms in total. The molecule has 0 aromatic heterocycles. The molecule has 4 heteroatoms. The maximum atomic E-state index is 12.3. The molecule has 0 aliphatic heterocycles. The fourth-order valence-electron chi connectivity index (χ4n) is 2.40. The zero-order chi connectivity index (χ0) is 16.8. The number of anilines is 1. The molecule has 2 rings (SSSR count). The summed E-state index contributed by atoms with van der Waals surface area (Å²) in [4.78, 5) is 23.7. The number of aryl methyl sites for hydroxylation is 2. The van der Waals surface area contributed by atoms with Gasteiger partial charge in [-0.15, -0.1) is 0 Å². The van der Waals surface area contributed by atoms with Crippen molar-refractivity contribution in [1.29, 1.82) is 0 Å². The van der Waals surface area contributed by atoms with Gasteiger partial charge >= 0.3 is 0 Å². The van der Waals surface area contributed by atoms with Crippen LogP contribution in [0, 0.1) is 13.8 Å². The van der Waals surface area contributed by atoms with Crippen LogP contribution >= 0.6 is 0 Å². The summed E-state index contributed by atoms with van der Waals surface area (Å²) in [5, 5.41) is 5.73. The van der Waals surface area contributed by atoms with E-state index in [1.807, 2.05) is 62.4 Å². The third kappa shape index (κ3) is 4.95. The lowest BCUT2D eigenvalue weighted by Crippen LogP contribution is -2.29. The van der Waals surface area contributed by atoms with Gasteiger partial charge in [0.25, 0.3) is 0 Å². The highest BCUT2D eigenvalue weighted by Gasteiger charge is 2.17. The topological polar surface area (TPSA) is 58.2 Å². The maximum Gasteiger partial charge on any atom is 0.226 e. The standard InChI is InChI=1S/C19H22N2O2/c1-13-9-10-17(11-14(13)2)21-19(23)12-18(20-15(3)22)16-7-5-4-6-8-16/h4-11,18H,12H2,1-3H3,(H,20,22)(H,21,23)/t18-/m0/s1. The molecule has 0 saturated carbocycles. The summed E-state index contributed by atoms with van der Waals surface area (Å²) in [6, 6.07) is 15.0. The summed E-state index contributed by atoms with van der Waals surface area (Å²) in [6.45, 7) is 5.50. The number of amides is 2. The minimum atomic E-state index is -0.333. The maximum absolute atomic E-state index is 12.3. The fourth-order valence-corrected chi connectivity index (χ4v) is 2.40. The first-order valence-corrected chi connectivity index (χ1v) is 7.65. The normalized spacial score (nSPS) is 11.6. The molecule has 0 saturated heterocycles. The van der Waals surface area contributed by atoms with Crippen LogP contribution in [0.1, 0.15) is 36.1 Å². The van der Waals surface area contributed by atoms with E-state index < -0.39 is 0 Å². The Bertz CT molecular complexity index is 696. The van der Waals surface area contributed by atoms with Crippen LogP contribution in [0.5, 0.6) is 0 Å². The van der Waals surface area contributed by atoms with Gasteiger partial charge in [-0.3, -0.25) is 9.59 Å². The van der Waals surface area contributed by atoms with Crippen molar-refractivity contribution in [1.82, 2.24) is 5.32 Å². The van der Waals surface area contributed by atoms with E-state index in [1.54, 1.807) is 0 Å². The Labute approximate surface area is 136 Å². The molecule has 0 aliphatic carbocycles. The average Bonchev–Trinajstić information content (AvgIpc) is 2.51. The van der Waals surface area contributed by atoms with E-state index in [1.165, 1.54) is 12.5 Å². The number of hydrogen-bond donors (Lipinski definition) is 2. The van der Waals surface area contributed by atoms with Crippen LogP contribution in [0.4, 0.5) is 5.69 Å². The van der Waals surface area contributed by atoms with E-state index in [2.05, 4.69) is 10.6 Å². The smallest absolute Gasteiger partial charge is 0.226 e. The van der Waals surface area contributed by atoms with Crippen molar-refractivity contribution in [3.8, 4) is 0 Å². The van der Waals surface area contributed by atoms with Crippen molar-refractivity contribution in [2.75, 3.05) is 5.32 Å². The van der Waals surface area contributed by atoms with Gasteiger partial charge < -0.3 is 10.6 Å². The summed E-state index contributed by atoms with van der Waals surface area (Å²) in [7, 11) is 0. The predicted molar refractivity (Wildman–Crippen MR) is 92.2 cm³/mol. The second-order valence-corrected chi connectivity index (χ2v) is 5.72. The lowest BCUT2D eigenvalue weighted by molar-refractivity contribution is -0.120. The molecule has 0 bridgehead atoms. The van der Waals surface area contributed by atoms with Gasteiger partial charge in [-0.1, -0.05) is 36.4 Å². The highest BCUT2D eigenvalue weighted by molar-refractivity contribution is 5.91. The van der Waals surface area contributed by atoms with Gasteiger partial charge in [0, 0.05) is 12.6 Å². The predicted octanol–water partition coefficient (Wildman–Crippen LogP) is 3.51. The first-order valence-electron chi connectivity index (χ1n) is 7.65. The Kier molecular flexibility index (Phi) is 5.52. The Morgan fingerprint density at radius 1 is 1.00 bits per heavy atom. The molecule has 23 heavy (non-hydrogen) atoms. The molecule has 0 fully saturated rings. The van der Waals surface area contributed by atoms with Crippen LogP contribution in [0.2, 0.25) is 0 Å². The van der Waals surface area contributed by atoms with E-state index in [9.17, 15) is 9.59 Å². The van der Waals surface area contributed by atoms with Crippen LogP contribution in [-0.4, -0.2) is 11.8 Å². The first-order chi connectivity index (χ1) is 11.0. The van der Waals surface area contributed by atoms with Crippen LogP contribution in [0.15, 0.2) is 48.5 Å². The zero-order valence-corrected chi connectivity index (χ0v) is 13.7. The van der Waals surface area contributed by atoms with Crippen molar-refractivity contribution in [3.05, 3.63) is 65.2 Å². The van der Waals surface area contributed by atoms with E-state index in [0.29, 0.717) is 0 Å². The van der Waals surface area contributed by atoms with Gasteiger partial charge in [0.15, 0.2) is 0 Å². The highest BCUT2D eigenvalue weighted by Crippen LogP contribution is 2.19. The summed E-state index contributed by atoms with van der Waals surface area (Å²) in [5.74, 6) is -0.284. The lowest BCUT2D eigenvalue weighted by atomic mass is 10.0. The largest absolute Gasteiger partial charge is 0.349 e. The van der Waals surface area contributed by atoms with E-state index >= 15 is 0 Å². The van der Waals surface area contributed by atoms with Crippen LogP contribution in [-0.2, 0) is 9.59 Å². The Morgan fingerprint density at radius 2 is 1.70 bits per heavy atom. The molecular formula is C19H22N2O2. The quantitative estimate of drug-likeness (QED) is 0.888. The van der Waals surface area contributed by atoms with E-state index in [4.69, 9.17) is 0 Å². The van der Waals surface area contributed by atoms with Crippen molar-refractivity contribution < 1.29 is 9.59 Å². The SMILES string of the molecule is CC(=O)N[C@@H](CC(=O)Nc1ccc(C)c(C)c1)c1ccccc1. The van der Waals surface area contributed by atoms with Gasteiger partial charge in [0.1, 0.15) is 0 Å². The van der Waals surface area contributed by atoms with Crippen molar-refractivity contribution in [3.63, 3.8) is 0 Å². The minimum Gasteiger partial charge on any atom is -0.349 e. The number of carbonyl (C=O) groups excluding carboxylic acids is 2. The second-order valence-electron chi connectivity index (χ2n) is 5.72. The van der Waals surface area contributed by atoms with Crippen LogP contribution < -0.4 is 10.6 Å². The summed E-state index contributed by atoms with van der Waals surface area (Å²) in [5.41, 5.74) is 4.00. The average molecular weight is 310 g/mol. The fraction of sp³-hybridized carbons (Fsp3) is 0.263. The molecule has 2 N–H and O–H groups in total. The zero-order valence-electron chi connectivity index (χ0n) is 13.7. The molecule has 0 heterocycles. The lowest BCUT2D eigenvalue weighted by Gasteiger charge is -2.18. The van der Waals surface area contributed by atoms with Gasteiger partial charge in [0.2, 0.25) is 11.8 Å². The molecular weight excluding hydrogens is 288 g/mol. The second kappa shape index (κ2) is 7.58. The molecule has 0 spiro atoms. The third-order valence-corrected chi connectivity index (χ3v) is 3.76. The molecule has 2 amide bonds. The van der Waals surface area contributed by atoms with Crippen molar-refractivity contribution in [2.45, 2.75) is 33.2 Å². The summed E-state index contributed by atoms with van der Waals surface area (Å²) >= 11 is 0. The minimum absolute atomic E-state index is 0.129. The van der Waals surface area contributed by atoms with Crippen molar-refractivity contribution in [2.24, 2.45) is 0 Å². The molecule has 2 aromatic carbocycles. The number of nitrogens with one attached hydrogen (secondary N) is 2. The molecule has 0 radical (unpaired) electrons. The van der Waals surface area contributed by atoms with Gasteiger partial charge in [0.05, 0.1) is 12.5 Å². The molecule has 0 unspecified atom stereocenters. The Balaban J connectivity index is 2.08. The number of carbonyl (C=O) groups is 2. The van der Waals surface area contributed by atoms with Crippen molar-refractivity contribution >= 4 is 17.5 Å². The number of rotatable bonds is 5. The van der Waals surface area contributed by atoms with E-state index in [-0.39, 0.29) is 24.3 Å². The van der Waals surface area contributed by atoms with Gasteiger partial charge in [-0.25, -0.2) is 0 Å². The molecule has 120 valence electrons. The van der Waals surface area contributed by atoms with Gasteiger partial charge in [-0.05, 0) is 42.7 Å².